The Morgan fingerprint density at radius 3 is 2.86 bits per heavy atom. The molecule has 1 aliphatic heterocycles. The summed E-state index contributed by atoms with van der Waals surface area (Å²) in [7, 11) is 1.75. The summed E-state index contributed by atoms with van der Waals surface area (Å²) >= 11 is 0. The first-order valence-corrected chi connectivity index (χ1v) is 5.31. The average Bonchev–Trinajstić information content (AvgIpc) is 2.70. The smallest absolute Gasteiger partial charge is 0.315 e. The molecule has 3 fully saturated rings. The van der Waals surface area contributed by atoms with E-state index in [1.54, 1.807) is 7.11 Å². The van der Waals surface area contributed by atoms with Crippen molar-refractivity contribution >= 4 is 6.03 Å². The molecule has 14 heavy (non-hydrogen) atoms. The third-order valence-electron chi connectivity index (χ3n) is 4.37. The number of hydrogen-bond acceptors (Lipinski definition) is 2. The van der Waals surface area contributed by atoms with Gasteiger partial charge in [0, 0.05) is 13.7 Å². The molecule has 78 valence electrons. The predicted molar refractivity (Wildman–Crippen MR) is 50.6 cm³/mol. The van der Waals surface area contributed by atoms with Crippen molar-refractivity contribution in [1.29, 1.82) is 0 Å². The van der Waals surface area contributed by atoms with Gasteiger partial charge in [0.15, 0.2) is 0 Å². The lowest BCUT2D eigenvalue weighted by Gasteiger charge is -2.30. The first-order valence-electron chi connectivity index (χ1n) is 5.31. The van der Waals surface area contributed by atoms with Crippen LogP contribution >= 0.6 is 0 Å². The molecular formula is C10H16N2O2. The van der Waals surface area contributed by atoms with Gasteiger partial charge in [0.2, 0.25) is 0 Å². The quantitative estimate of drug-likeness (QED) is 0.660. The van der Waals surface area contributed by atoms with E-state index in [0.29, 0.717) is 17.8 Å². The van der Waals surface area contributed by atoms with Gasteiger partial charge in [0.25, 0.3) is 0 Å². The zero-order valence-electron chi connectivity index (χ0n) is 8.35. The minimum atomic E-state index is -0.271. The molecule has 1 saturated heterocycles. The van der Waals surface area contributed by atoms with Gasteiger partial charge in [0.1, 0.15) is 0 Å². The van der Waals surface area contributed by atoms with E-state index in [1.165, 1.54) is 12.8 Å². The zero-order chi connectivity index (χ0) is 9.87. The monoisotopic (exact) mass is 196 g/mol. The number of nitrogens with zero attached hydrogens (tertiary/aromatic N) is 1. The Morgan fingerprint density at radius 1 is 1.43 bits per heavy atom. The number of primary amides is 1. The van der Waals surface area contributed by atoms with Crippen LogP contribution in [0.15, 0.2) is 0 Å². The normalized spacial score (nSPS) is 48.9. The molecule has 4 nitrogen and oxygen atoms in total. The van der Waals surface area contributed by atoms with Crippen molar-refractivity contribution in [2.45, 2.75) is 25.0 Å². The van der Waals surface area contributed by atoms with E-state index in [4.69, 9.17) is 10.5 Å². The second-order valence-corrected chi connectivity index (χ2v) is 4.84. The van der Waals surface area contributed by atoms with Gasteiger partial charge in [-0.25, -0.2) is 4.79 Å². The predicted octanol–water partition coefficient (Wildman–Crippen LogP) is 0.420. The van der Waals surface area contributed by atoms with Gasteiger partial charge < -0.3 is 15.4 Å². The summed E-state index contributed by atoms with van der Waals surface area (Å²) in [5, 5.41) is 0. The van der Waals surface area contributed by atoms with E-state index < -0.39 is 0 Å². The molecule has 5 atom stereocenters. The number of carbonyl (C=O) groups is 1. The molecule has 2 amide bonds. The lowest BCUT2D eigenvalue weighted by molar-refractivity contribution is 0.0198. The van der Waals surface area contributed by atoms with Crippen LogP contribution in [0.25, 0.3) is 0 Å². The molecule has 4 heteroatoms. The molecule has 0 aromatic rings. The van der Waals surface area contributed by atoms with Crippen LogP contribution < -0.4 is 5.73 Å². The molecular weight excluding hydrogens is 180 g/mol. The number of amides is 2. The largest absolute Gasteiger partial charge is 0.379 e. The van der Waals surface area contributed by atoms with Crippen molar-refractivity contribution in [3.63, 3.8) is 0 Å². The van der Waals surface area contributed by atoms with Crippen LogP contribution in [0.4, 0.5) is 4.79 Å². The van der Waals surface area contributed by atoms with Gasteiger partial charge in [-0.3, -0.25) is 0 Å². The fourth-order valence-electron chi connectivity index (χ4n) is 3.97. The van der Waals surface area contributed by atoms with E-state index in [2.05, 4.69) is 0 Å². The highest BCUT2D eigenvalue weighted by Gasteiger charge is 2.60. The summed E-state index contributed by atoms with van der Waals surface area (Å²) in [5.74, 6) is 2.03. The molecule has 1 heterocycles. The van der Waals surface area contributed by atoms with Crippen LogP contribution in [0.1, 0.15) is 12.8 Å². The maximum absolute atomic E-state index is 11.3. The van der Waals surface area contributed by atoms with E-state index in [-0.39, 0.29) is 18.2 Å². The lowest BCUT2D eigenvalue weighted by Crippen LogP contribution is -2.46. The topological polar surface area (TPSA) is 55.6 Å². The molecule has 0 aromatic carbocycles. The highest BCUT2D eigenvalue weighted by Crippen LogP contribution is 2.55. The standard InChI is InChI=1S/C10H16N2O2/c1-14-9-5-2-6-4-12(10(11)13)8(9)7(6)3-5/h5-9H,2-4H2,1H3,(H2,11,13). The molecule has 0 spiro atoms. The fraction of sp³-hybridized carbons (Fsp3) is 0.900. The number of rotatable bonds is 1. The Kier molecular flexibility index (Phi) is 1.60. The average molecular weight is 196 g/mol. The van der Waals surface area contributed by atoms with E-state index >= 15 is 0 Å². The van der Waals surface area contributed by atoms with Crippen molar-refractivity contribution in [2.75, 3.05) is 13.7 Å². The van der Waals surface area contributed by atoms with Gasteiger partial charge in [-0.1, -0.05) is 0 Å². The Balaban J connectivity index is 1.92. The van der Waals surface area contributed by atoms with Crippen LogP contribution in [-0.4, -0.2) is 36.7 Å². The number of carbonyl (C=O) groups excluding carboxylic acids is 1. The molecule has 0 radical (unpaired) electrons. The van der Waals surface area contributed by atoms with Crippen molar-refractivity contribution in [1.82, 2.24) is 4.90 Å². The number of urea groups is 1. The van der Waals surface area contributed by atoms with Crippen molar-refractivity contribution in [3.8, 4) is 0 Å². The maximum atomic E-state index is 11.3. The zero-order valence-corrected chi connectivity index (χ0v) is 8.35. The van der Waals surface area contributed by atoms with Crippen LogP contribution in [0, 0.1) is 17.8 Å². The van der Waals surface area contributed by atoms with E-state index in [9.17, 15) is 4.79 Å². The van der Waals surface area contributed by atoms with Gasteiger partial charge >= 0.3 is 6.03 Å². The minimum absolute atomic E-state index is 0.242. The first kappa shape index (κ1) is 8.53. The first-order chi connectivity index (χ1) is 6.72. The lowest BCUT2D eigenvalue weighted by atomic mass is 9.88. The van der Waals surface area contributed by atoms with Gasteiger partial charge in [-0.15, -0.1) is 0 Å². The van der Waals surface area contributed by atoms with Crippen LogP contribution in [0.2, 0.25) is 0 Å². The molecule has 5 unspecified atom stereocenters. The summed E-state index contributed by atoms with van der Waals surface area (Å²) in [5.41, 5.74) is 5.38. The fourth-order valence-corrected chi connectivity index (χ4v) is 3.97. The van der Waals surface area contributed by atoms with E-state index in [0.717, 1.165) is 6.54 Å². The Labute approximate surface area is 83.4 Å². The highest BCUT2D eigenvalue weighted by molar-refractivity contribution is 5.73. The van der Waals surface area contributed by atoms with Crippen molar-refractivity contribution < 1.29 is 9.53 Å². The molecule has 0 aromatic heterocycles. The number of fused-ring (bicyclic) bond motifs is 1. The Hall–Kier alpha value is -0.770. The highest BCUT2D eigenvalue weighted by atomic mass is 16.5. The van der Waals surface area contributed by atoms with E-state index in [1.807, 2.05) is 4.90 Å². The van der Waals surface area contributed by atoms with Crippen LogP contribution in [0.3, 0.4) is 0 Å². The van der Waals surface area contributed by atoms with Gasteiger partial charge in [-0.2, -0.15) is 0 Å². The number of ether oxygens (including phenoxy) is 1. The molecule has 2 bridgehead atoms. The summed E-state index contributed by atoms with van der Waals surface area (Å²) in [6.45, 7) is 0.862. The van der Waals surface area contributed by atoms with Crippen molar-refractivity contribution in [2.24, 2.45) is 23.5 Å². The third-order valence-corrected chi connectivity index (χ3v) is 4.37. The van der Waals surface area contributed by atoms with Crippen molar-refractivity contribution in [3.05, 3.63) is 0 Å². The Bertz CT molecular complexity index is 279. The number of likely N-dealkylation sites (tertiary alicyclic amines) is 1. The number of nitrogens with two attached hydrogens (primary N) is 1. The second kappa shape index (κ2) is 2.63. The number of methoxy groups -OCH3 is 1. The summed E-state index contributed by atoms with van der Waals surface area (Å²) in [6.07, 6.45) is 2.70. The minimum Gasteiger partial charge on any atom is -0.379 e. The number of hydrogen-bond donors (Lipinski definition) is 1. The SMILES string of the molecule is COC1C2CC3CN(C(N)=O)C1C3C2. The second-order valence-electron chi connectivity index (χ2n) is 4.84. The summed E-state index contributed by atoms with van der Waals surface area (Å²) in [4.78, 5) is 13.1. The van der Waals surface area contributed by atoms with Crippen LogP contribution in [-0.2, 0) is 4.74 Å². The van der Waals surface area contributed by atoms with Gasteiger partial charge in [-0.05, 0) is 30.6 Å². The maximum Gasteiger partial charge on any atom is 0.315 e. The molecule has 3 aliphatic rings. The van der Waals surface area contributed by atoms with Crippen LogP contribution in [0.5, 0.6) is 0 Å². The molecule has 2 saturated carbocycles. The molecule has 2 N–H and O–H groups in total. The molecule has 2 aliphatic carbocycles. The third kappa shape index (κ3) is 0.848. The van der Waals surface area contributed by atoms with Gasteiger partial charge in [0.05, 0.1) is 12.1 Å². The summed E-state index contributed by atoms with van der Waals surface area (Å²) < 4.78 is 5.51. The molecule has 3 rings (SSSR count). The summed E-state index contributed by atoms with van der Waals surface area (Å²) in [6, 6.07) is 0.00773. The Morgan fingerprint density at radius 2 is 2.21 bits per heavy atom.